The molecule has 0 bridgehead atoms. The fourth-order valence-electron chi connectivity index (χ4n) is 2.50. The Hall–Kier alpha value is -3.22. The Morgan fingerprint density at radius 3 is 2.44 bits per heavy atom. The van der Waals surface area contributed by atoms with E-state index in [4.69, 9.17) is 9.47 Å². The van der Waals surface area contributed by atoms with Gasteiger partial charge < -0.3 is 25.4 Å². The summed E-state index contributed by atoms with van der Waals surface area (Å²) in [5.74, 6) is 1.02. The SMILES string of the molecule is COc1ccc(OC)c(CNC(=O)c2ccccc2NC(=O)NC(C)C)c1. The maximum atomic E-state index is 12.6. The molecule has 2 rings (SSSR count). The minimum atomic E-state index is -0.361. The van der Waals surface area contributed by atoms with E-state index in [-0.39, 0.29) is 24.5 Å². The molecule has 0 atom stereocenters. The Balaban J connectivity index is 2.12. The second-order valence-corrected chi connectivity index (χ2v) is 6.16. The van der Waals surface area contributed by atoms with Crippen molar-refractivity contribution in [3.05, 3.63) is 53.6 Å². The molecule has 0 saturated heterocycles. The molecule has 0 spiro atoms. The molecule has 0 radical (unpaired) electrons. The van der Waals surface area contributed by atoms with Gasteiger partial charge in [-0.1, -0.05) is 12.1 Å². The first-order valence-corrected chi connectivity index (χ1v) is 8.60. The number of hydrogen-bond acceptors (Lipinski definition) is 4. The fraction of sp³-hybridized carbons (Fsp3) is 0.300. The van der Waals surface area contributed by atoms with Crippen molar-refractivity contribution in [1.82, 2.24) is 10.6 Å². The first kappa shape index (κ1) is 20.1. The van der Waals surface area contributed by atoms with Crippen molar-refractivity contribution >= 4 is 17.6 Å². The number of rotatable bonds is 7. The average molecular weight is 371 g/mol. The molecule has 0 aliphatic rings. The van der Waals surface area contributed by atoms with Crippen LogP contribution in [0.3, 0.4) is 0 Å². The molecule has 0 unspecified atom stereocenters. The summed E-state index contributed by atoms with van der Waals surface area (Å²) >= 11 is 0. The second kappa shape index (κ2) is 9.47. The van der Waals surface area contributed by atoms with Crippen molar-refractivity contribution in [3.8, 4) is 11.5 Å². The molecule has 0 aliphatic carbocycles. The van der Waals surface area contributed by atoms with Crippen molar-refractivity contribution in [2.24, 2.45) is 0 Å². The van der Waals surface area contributed by atoms with Gasteiger partial charge in [0.05, 0.1) is 25.5 Å². The van der Waals surface area contributed by atoms with Crippen LogP contribution in [0.15, 0.2) is 42.5 Å². The van der Waals surface area contributed by atoms with Gasteiger partial charge in [-0.3, -0.25) is 4.79 Å². The van der Waals surface area contributed by atoms with Crippen LogP contribution in [-0.2, 0) is 6.54 Å². The van der Waals surface area contributed by atoms with E-state index in [1.807, 2.05) is 13.8 Å². The topological polar surface area (TPSA) is 88.7 Å². The van der Waals surface area contributed by atoms with E-state index in [9.17, 15) is 9.59 Å². The molecular formula is C20H25N3O4. The van der Waals surface area contributed by atoms with Crippen LogP contribution < -0.4 is 25.4 Å². The number of hydrogen-bond donors (Lipinski definition) is 3. The second-order valence-electron chi connectivity index (χ2n) is 6.16. The fourth-order valence-corrected chi connectivity index (χ4v) is 2.50. The van der Waals surface area contributed by atoms with Crippen molar-refractivity contribution in [2.45, 2.75) is 26.4 Å². The number of benzene rings is 2. The number of anilines is 1. The maximum absolute atomic E-state index is 12.6. The van der Waals surface area contributed by atoms with Crippen molar-refractivity contribution in [3.63, 3.8) is 0 Å². The zero-order valence-electron chi connectivity index (χ0n) is 16.0. The third kappa shape index (κ3) is 5.64. The Labute approximate surface area is 159 Å². The quantitative estimate of drug-likeness (QED) is 0.697. The number of carbonyl (C=O) groups is 2. The number of methoxy groups -OCH3 is 2. The Morgan fingerprint density at radius 2 is 1.78 bits per heavy atom. The molecule has 7 heteroatoms. The van der Waals surface area contributed by atoms with Crippen LogP contribution in [0.2, 0.25) is 0 Å². The number of ether oxygens (including phenoxy) is 2. The number of carbonyl (C=O) groups excluding carboxylic acids is 2. The molecular weight excluding hydrogens is 346 g/mol. The molecule has 3 amide bonds. The van der Waals surface area contributed by atoms with E-state index in [2.05, 4.69) is 16.0 Å². The summed E-state index contributed by atoms with van der Waals surface area (Å²) in [4.78, 5) is 24.6. The lowest BCUT2D eigenvalue weighted by molar-refractivity contribution is 0.0951. The van der Waals surface area contributed by atoms with Crippen molar-refractivity contribution in [2.75, 3.05) is 19.5 Å². The first-order chi connectivity index (χ1) is 12.9. The van der Waals surface area contributed by atoms with E-state index >= 15 is 0 Å². The highest BCUT2D eigenvalue weighted by Crippen LogP contribution is 2.24. The molecule has 0 fully saturated rings. The summed E-state index contributed by atoms with van der Waals surface area (Å²) in [6.07, 6.45) is 0. The van der Waals surface area contributed by atoms with E-state index in [1.54, 1.807) is 56.7 Å². The molecule has 2 aromatic rings. The van der Waals surface area contributed by atoms with Gasteiger partial charge in [-0.25, -0.2) is 4.79 Å². The van der Waals surface area contributed by atoms with Crippen LogP contribution in [0.4, 0.5) is 10.5 Å². The largest absolute Gasteiger partial charge is 0.497 e. The lowest BCUT2D eigenvalue weighted by Gasteiger charge is -2.14. The molecule has 27 heavy (non-hydrogen) atoms. The van der Waals surface area contributed by atoms with Crippen molar-refractivity contribution < 1.29 is 19.1 Å². The van der Waals surface area contributed by atoms with Gasteiger partial charge in [0.15, 0.2) is 0 Å². The van der Waals surface area contributed by atoms with E-state index < -0.39 is 0 Å². The molecule has 0 heterocycles. The first-order valence-electron chi connectivity index (χ1n) is 8.60. The smallest absolute Gasteiger partial charge is 0.319 e. The summed E-state index contributed by atoms with van der Waals surface area (Å²) in [7, 11) is 3.15. The summed E-state index contributed by atoms with van der Waals surface area (Å²) in [5.41, 5.74) is 1.59. The van der Waals surface area contributed by atoms with Crippen molar-refractivity contribution in [1.29, 1.82) is 0 Å². The summed E-state index contributed by atoms with van der Waals surface area (Å²) < 4.78 is 10.5. The normalized spacial score (nSPS) is 10.3. The van der Waals surface area contributed by atoms with Crippen LogP contribution in [-0.4, -0.2) is 32.2 Å². The zero-order chi connectivity index (χ0) is 19.8. The van der Waals surface area contributed by atoms with Crippen LogP contribution >= 0.6 is 0 Å². The predicted octanol–water partition coefficient (Wildman–Crippen LogP) is 3.16. The van der Waals surface area contributed by atoms with Gasteiger partial charge >= 0.3 is 6.03 Å². The highest BCUT2D eigenvalue weighted by atomic mass is 16.5. The van der Waals surface area contributed by atoms with Gasteiger partial charge in [-0.15, -0.1) is 0 Å². The van der Waals surface area contributed by atoms with E-state index in [0.29, 0.717) is 22.7 Å². The van der Waals surface area contributed by atoms with Gasteiger partial charge in [0.25, 0.3) is 5.91 Å². The van der Waals surface area contributed by atoms with E-state index in [0.717, 1.165) is 5.56 Å². The highest BCUT2D eigenvalue weighted by molar-refractivity contribution is 6.03. The van der Waals surface area contributed by atoms with Crippen LogP contribution in [0, 0.1) is 0 Å². The molecule has 144 valence electrons. The number of amides is 3. The molecule has 3 N–H and O–H groups in total. The number of urea groups is 1. The Kier molecular flexibility index (Phi) is 7.05. The predicted molar refractivity (Wildman–Crippen MR) is 104 cm³/mol. The van der Waals surface area contributed by atoms with Gasteiger partial charge in [0.2, 0.25) is 0 Å². The van der Waals surface area contributed by atoms with Gasteiger partial charge in [0, 0.05) is 18.2 Å². The Morgan fingerprint density at radius 1 is 1.04 bits per heavy atom. The lowest BCUT2D eigenvalue weighted by atomic mass is 10.1. The van der Waals surface area contributed by atoms with E-state index in [1.165, 1.54) is 0 Å². The van der Waals surface area contributed by atoms with Gasteiger partial charge in [0.1, 0.15) is 11.5 Å². The van der Waals surface area contributed by atoms with Gasteiger partial charge in [-0.2, -0.15) is 0 Å². The zero-order valence-corrected chi connectivity index (χ0v) is 16.0. The minimum absolute atomic E-state index is 0.00786. The molecule has 0 aliphatic heterocycles. The van der Waals surface area contributed by atoms with Crippen LogP contribution in [0.1, 0.15) is 29.8 Å². The maximum Gasteiger partial charge on any atom is 0.319 e. The molecule has 2 aromatic carbocycles. The minimum Gasteiger partial charge on any atom is -0.497 e. The van der Waals surface area contributed by atoms with Crippen LogP contribution in [0.25, 0.3) is 0 Å². The van der Waals surface area contributed by atoms with Crippen LogP contribution in [0.5, 0.6) is 11.5 Å². The summed E-state index contributed by atoms with van der Waals surface area (Å²) in [5, 5.41) is 8.29. The number of nitrogens with one attached hydrogen (secondary N) is 3. The standard InChI is InChI=1S/C20H25N3O4/c1-13(2)22-20(25)23-17-8-6-5-7-16(17)19(24)21-12-14-11-15(26-3)9-10-18(14)27-4/h5-11,13H,12H2,1-4H3,(H,21,24)(H2,22,23,25). The summed E-state index contributed by atoms with van der Waals surface area (Å²) in [6, 6.07) is 11.8. The number of para-hydroxylation sites is 1. The third-order valence-electron chi connectivity index (χ3n) is 3.77. The third-order valence-corrected chi connectivity index (χ3v) is 3.77. The monoisotopic (exact) mass is 371 g/mol. The van der Waals surface area contributed by atoms with Gasteiger partial charge in [-0.05, 0) is 44.2 Å². The highest BCUT2D eigenvalue weighted by Gasteiger charge is 2.14. The molecule has 7 nitrogen and oxygen atoms in total. The molecule has 0 aromatic heterocycles. The lowest BCUT2D eigenvalue weighted by Crippen LogP contribution is -2.35. The molecule has 0 saturated carbocycles. The average Bonchev–Trinajstić information content (AvgIpc) is 2.65. The summed E-state index contributed by atoms with van der Waals surface area (Å²) in [6.45, 7) is 3.98. The Bertz CT molecular complexity index is 806.